The zero-order valence-corrected chi connectivity index (χ0v) is 14.3. The van der Waals surface area contributed by atoms with E-state index >= 15 is 0 Å². The molecular weight excluding hydrogens is 308 g/mol. The average molecular weight is 328 g/mol. The van der Waals surface area contributed by atoms with E-state index in [9.17, 15) is 0 Å². The maximum atomic E-state index is 5.84. The molecule has 124 valence electrons. The molecule has 0 aliphatic carbocycles. The highest BCUT2D eigenvalue weighted by Gasteiger charge is 2.14. The summed E-state index contributed by atoms with van der Waals surface area (Å²) in [5.74, 6) is 0.916. The number of hydrogen-bond donors (Lipinski definition) is 1. The third-order valence-electron chi connectivity index (χ3n) is 4.35. The second-order valence-electron chi connectivity index (χ2n) is 6.29. The van der Waals surface area contributed by atoms with Gasteiger partial charge in [0.2, 0.25) is 0 Å². The van der Waals surface area contributed by atoms with Crippen molar-refractivity contribution in [2.45, 2.75) is 0 Å². The van der Waals surface area contributed by atoms with E-state index in [0.717, 1.165) is 33.8 Å². The zero-order chi connectivity index (χ0) is 17.4. The van der Waals surface area contributed by atoms with Crippen molar-refractivity contribution in [3.8, 4) is 17.1 Å². The molecule has 4 heteroatoms. The van der Waals surface area contributed by atoms with E-state index in [-0.39, 0.29) is 0 Å². The van der Waals surface area contributed by atoms with Gasteiger partial charge >= 0.3 is 0 Å². The Hall–Kier alpha value is -3.27. The molecule has 4 aromatic rings. The molecule has 4 rings (SSSR count). The predicted molar refractivity (Wildman–Crippen MR) is 105 cm³/mol. The van der Waals surface area contributed by atoms with Crippen LogP contribution in [0.1, 0.15) is 0 Å². The van der Waals surface area contributed by atoms with Gasteiger partial charge in [0, 0.05) is 36.7 Å². The third kappa shape index (κ3) is 2.72. The van der Waals surface area contributed by atoms with E-state index < -0.39 is 0 Å². The monoisotopic (exact) mass is 328 g/mol. The largest absolute Gasteiger partial charge is 0.399 e. The molecule has 2 N–H and O–H groups in total. The fraction of sp³-hybridized carbons (Fsp3) is 0.0952. The van der Waals surface area contributed by atoms with Gasteiger partial charge in [-0.25, -0.2) is 4.98 Å². The van der Waals surface area contributed by atoms with Crippen molar-refractivity contribution >= 4 is 22.4 Å². The van der Waals surface area contributed by atoms with E-state index in [4.69, 9.17) is 10.7 Å². The summed E-state index contributed by atoms with van der Waals surface area (Å²) in [6, 6.07) is 24.6. The number of rotatable bonds is 3. The van der Waals surface area contributed by atoms with Crippen LogP contribution in [-0.2, 0) is 0 Å². The topological polar surface area (TPSA) is 47.1 Å². The van der Waals surface area contributed by atoms with Crippen molar-refractivity contribution in [3.05, 3.63) is 72.8 Å². The second-order valence-corrected chi connectivity index (χ2v) is 6.29. The molecule has 0 radical (unpaired) electrons. The number of fused-ring (bicyclic) bond motifs is 1. The Kier molecular flexibility index (Phi) is 3.65. The first-order valence-corrected chi connectivity index (χ1v) is 8.24. The molecule has 0 aliphatic rings. The van der Waals surface area contributed by atoms with Gasteiger partial charge in [0.15, 0.2) is 0 Å². The van der Waals surface area contributed by atoms with Gasteiger partial charge in [0.25, 0.3) is 0 Å². The van der Waals surface area contributed by atoms with Gasteiger partial charge in [0.1, 0.15) is 5.82 Å². The number of imidazole rings is 1. The minimum Gasteiger partial charge on any atom is -0.399 e. The summed E-state index contributed by atoms with van der Waals surface area (Å²) in [5, 5.41) is 0. The third-order valence-corrected chi connectivity index (χ3v) is 4.35. The van der Waals surface area contributed by atoms with Gasteiger partial charge < -0.3 is 10.6 Å². The van der Waals surface area contributed by atoms with Crippen molar-refractivity contribution in [2.24, 2.45) is 0 Å². The lowest BCUT2D eigenvalue weighted by Gasteiger charge is -2.14. The molecule has 0 saturated heterocycles. The molecule has 0 atom stereocenters. The second kappa shape index (κ2) is 5.98. The highest BCUT2D eigenvalue weighted by molar-refractivity contribution is 5.83. The summed E-state index contributed by atoms with van der Waals surface area (Å²) in [5.41, 5.74) is 12.0. The minimum atomic E-state index is 0.752. The normalized spacial score (nSPS) is 11.0. The Labute approximate surface area is 147 Å². The van der Waals surface area contributed by atoms with Crippen molar-refractivity contribution in [1.29, 1.82) is 0 Å². The molecule has 0 bridgehead atoms. The number of nitrogens with two attached hydrogens (primary N) is 1. The Bertz CT molecular complexity index is 1010. The van der Waals surface area contributed by atoms with Crippen molar-refractivity contribution in [3.63, 3.8) is 0 Å². The van der Waals surface area contributed by atoms with Gasteiger partial charge in [-0.05, 0) is 60.7 Å². The lowest BCUT2D eigenvalue weighted by molar-refractivity contribution is 1.09. The Balaban J connectivity index is 1.94. The molecule has 1 heterocycles. The highest BCUT2D eigenvalue weighted by atomic mass is 15.1. The van der Waals surface area contributed by atoms with Gasteiger partial charge in [-0.1, -0.05) is 12.1 Å². The lowest BCUT2D eigenvalue weighted by atomic mass is 10.2. The minimum absolute atomic E-state index is 0.752. The van der Waals surface area contributed by atoms with Crippen molar-refractivity contribution in [1.82, 2.24) is 9.55 Å². The summed E-state index contributed by atoms with van der Waals surface area (Å²) < 4.78 is 2.19. The standard InChI is InChI=1S/C21H20N4/c1-24(2)17-11-13-18(14-12-17)25-20-6-4-3-5-19(20)23-21(25)15-7-9-16(22)10-8-15/h3-14H,22H2,1-2H3. The van der Waals surface area contributed by atoms with Crippen LogP contribution in [0, 0.1) is 0 Å². The fourth-order valence-corrected chi connectivity index (χ4v) is 3.01. The Morgan fingerprint density at radius 2 is 1.52 bits per heavy atom. The van der Waals surface area contributed by atoms with Crippen LogP contribution < -0.4 is 10.6 Å². The lowest BCUT2D eigenvalue weighted by Crippen LogP contribution is -2.08. The van der Waals surface area contributed by atoms with Crippen LogP contribution in [0.3, 0.4) is 0 Å². The maximum absolute atomic E-state index is 5.84. The highest BCUT2D eigenvalue weighted by Crippen LogP contribution is 2.29. The van der Waals surface area contributed by atoms with E-state index in [2.05, 4.69) is 39.8 Å². The van der Waals surface area contributed by atoms with E-state index in [1.807, 2.05) is 56.6 Å². The summed E-state index contributed by atoms with van der Waals surface area (Å²) in [4.78, 5) is 6.95. The van der Waals surface area contributed by atoms with E-state index in [1.165, 1.54) is 5.69 Å². The van der Waals surface area contributed by atoms with Gasteiger partial charge in [-0.2, -0.15) is 0 Å². The number of nitrogen functional groups attached to an aromatic ring is 1. The first kappa shape index (κ1) is 15.3. The molecule has 0 aliphatic heterocycles. The van der Waals surface area contributed by atoms with Crippen LogP contribution in [-0.4, -0.2) is 23.6 Å². The molecular formula is C21H20N4. The van der Waals surface area contributed by atoms with Crippen LogP contribution in [0.2, 0.25) is 0 Å². The predicted octanol–water partition coefficient (Wildman–Crippen LogP) is 4.34. The van der Waals surface area contributed by atoms with Crippen LogP contribution in [0.5, 0.6) is 0 Å². The Morgan fingerprint density at radius 3 is 2.20 bits per heavy atom. The number of nitrogens with zero attached hydrogens (tertiary/aromatic N) is 3. The van der Waals surface area contributed by atoms with Crippen LogP contribution in [0.25, 0.3) is 28.1 Å². The molecule has 3 aromatic carbocycles. The summed E-state index contributed by atoms with van der Waals surface area (Å²) in [6.45, 7) is 0. The first-order valence-electron chi connectivity index (χ1n) is 8.24. The summed E-state index contributed by atoms with van der Waals surface area (Å²) in [7, 11) is 4.09. The SMILES string of the molecule is CN(C)c1ccc(-n2c(-c3ccc(N)cc3)nc3ccccc32)cc1. The number of aromatic nitrogens is 2. The number of anilines is 2. The molecule has 0 amide bonds. The van der Waals surface area contributed by atoms with Gasteiger partial charge in [-0.3, -0.25) is 4.57 Å². The Morgan fingerprint density at radius 1 is 0.840 bits per heavy atom. The molecule has 1 aromatic heterocycles. The molecule has 0 saturated carbocycles. The molecule has 0 fully saturated rings. The van der Waals surface area contributed by atoms with Crippen molar-refractivity contribution < 1.29 is 0 Å². The maximum Gasteiger partial charge on any atom is 0.145 e. The quantitative estimate of drug-likeness (QED) is 0.569. The zero-order valence-electron chi connectivity index (χ0n) is 14.3. The van der Waals surface area contributed by atoms with Gasteiger partial charge in [0.05, 0.1) is 11.0 Å². The first-order chi connectivity index (χ1) is 12.1. The molecule has 0 unspecified atom stereocenters. The van der Waals surface area contributed by atoms with Crippen molar-refractivity contribution in [2.75, 3.05) is 24.7 Å². The smallest absolute Gasteiger partial charge is 0.145 e. The average Bonchev–Trinajstić information content (AvgIpc) is 3.02. The molecule has 0 spiro atoms. The van der Waals surface area contributed by atoms with Crippen LogP contribution in [0.15, 0.2) is 72.8 Å². The number of hydrogen-bond acceptors (Lipinski definition) is 3. The van der Waals surface area contributed by atoms with E-state index in [0.29, 0.717) is 0 Å². The molecule has 25 heavy (non-hydrogen) atoms. The summed E-state index contributed by atoms with van der Waals surface area (Å²) >= 11 is 0. The number of benzene rings is 3. The van der Waals surface area contributed by atoms with Gasteiger partial charge in [-0.15, -0.1) is 0 Å². The van der Waals surface area contributed by atoms with Crippen LogP contribution >= 0.6 is 0 Å². The molecule has 4 nitrogen and oxygen atoms in total. The number of para-hydroxylation sites is 2. The fourth-order valence-electron chi connectivity index (χ4n) is 3.01. The van der Waals surface area contributed by atoms with E-state index in [1.54, 1.807) is 0 Å². The summed E-state index contributed by atoms with van der Waals surface area (Å²) in [6.07, 6.45) is 0. The van der Waals surface area contributed by atoms with Crippen LogP contribution in [0.4, 0.5) is 11.4 Å².